The van der Waals surface area contributed by atoms with E-state index in [0.717, 1.165) is 0 Å². The van der Waals surface area contributed by atoms with Gasteiger partial charge in [-0.15, -0.1) is 0 Å². The number of furan rings is 1. The topological polar surface area (TPSA) is 96.4 Å². The highest BCUT2D eigenvalue weighted by molar-refractivity contribution is 7.71. The molecule has 0 fully saturated rings. The van der Waals surface area contributed by atoms with Gasteiger partial charge in [0.05, 0.1) is 16.8 Å². The van der Waals surface area contributed by atoms with E-state index >= 15 is 0 Å². The number of aryl methyl sites for hydroxylation is 1. The van der Waals surface area contributed by atoms with Gasteiger partial charge in [-0.05, 0) is 43.4 Å². The Bertz CT molecular complexity index is 1000. The Morgan fingerprint density at radius 2 is 2.25 bits per heavy atom. The second-order valence-electron chi connectivity index (χ2n) is 4.83. The molecule has 3 aromatic rings. The highest BCUT2D eigenvalue weighted by Gasteiger charge is 2.11. The van der Waals surface area contributed by atoms with E-state index in [4.69, 9.17) is 33.3 Å². The van der Waals surface area contributed by atoms with E-state index in [1.54, 1.807) is 31.2 Å². The normalized spacial score (nSPS) is 11.2. The molecule has 0 aliphatic rings. The van der Waals surface area contributed by atoms with Crippen molar-refractivity contribution in [2.75, 3.05) is 0 Å². The third kappa shape index (κ3) is 3.15. The van der Waals surface area contributed by atoms with Crippen molar-refractivity contribution in [3.8, 4) is 11.3 Å². The lowest BCUT2D eigenvalue weighted by atomic mass is 10.1. The SMILES string of the molecule is Cc1n[nH]c(=S)n1/N=C\c1ccc(-c2ccc(C(=O)O)c(Cl)c2)o1. The fraction of sp³-hybridized carbons (Fsp3) is 0.0667. The summed E-state index contributed by atoms with van der Waals surface area (Å²) < 4.78 is 7.52. The number of carboxylic acids is 1. The molecule has 0 saturated carbocycles. The molecule has 0 unspecified atom stereocenters. The number of H-pyrrole nitrogens is 1. The number of hydrogen-bond donors (Lipinski definition) is 2. The van der Waals surface area contributed by atoms with Crippen LogP contribution in [0.3, 0.4) is 0 Å². The maximum Gasteiger partial charge on any atom is 0.337 e. The number of aromatic nitrogens is 3. The first-order chi connectivity index (χ1) is 11.5. The number of nitrogens with zero attached hydrogens (tertiary/aromatic N) is 3. The summed E-state index contributed by atoms with van der Waals surface area (Å²) in [6.07, 6.45) is 1.51. The Balaban J connectivity index is 1.87. The summed E-state index contributed by atoms with van der Waals surface area (Å²) in [6.45, 7) is 1.77. The van der Waals surface area contributed by atoms with Crippen molar-refractivity contribution < 1.29 is 14.3 Å². The van der Waals surface area contributed by atoms with Gasteiger partial charge in [0.2, 0.25) is 4.77 Å². The lowest BCUT2D eigenvalue weighted by Gasteiger charge is -2.01. The maximum atomic E-state index is 11.0. The van der Waals surface area contributed by atoms with Gasteiger partial charge in [-0.25, -0.2) is 4.79 Å². The number of aromatic amines is 1. The second kappa shape index (κ2) is 6.42. The molecule has 7 nitrogen and oxygen atoms in total. The van der Waals surface area contributed by atoms with Crippen LogP contribution in [-0.2, 0) is 0 Å². The molecule has 0 aliphatic heterocycles. The summed E-state index contributed by atoms with van der Waals surface area (Å²) in [7, 11) is 0. The average molecular weight is 363 g/mol. The molecule has 1 aromatic carbocycles. The minimum Gasteiger partial charge on any atom is -0.478 e. The Morgan fingerprint density at radius 3 is 2.88 bits per heavy atom. The van der Waals surface area contributed by atoms with E-state index < -0.39 is 5.97 Å². The molecule has 0 aliphatic carbocycles. The van der Waals surface area contributed by atoms with Crippen LogP contribution in [0.25, 0.3) is 11.3 Å². The summed E-state index contributed by atoms with van der Waals surface area (Å²) in [5.74, 6) is 0.596. The van der Waals surface area contributed by atoms with Crippen LogP contribution in [0, 0.1) is 11.7 Å². The van der Waals surface area contributed by atoms with Crippen LogP contribution in [-0.4, -0.2) is 32.2 Å². The zero-order valence-corrected chi connectivity index (χ0v) is 13.9. The van der Waals surface area contributed by atoms with E-state index in [9.17, 15) is 4.79 Å². The first-order valence-corrected chi connectivity index (χ1v) is 7.56. The summed E-state index contributed by atoms with van der Waals surface area (Å²) in [4.78, 5) is 11.0. The van der Waals surface area contributed by atoms with Crippen molar-refractivity contribution in [2.45, 2.75) is 6.92 Å². The molecule has 0 amide bonds. The van der Waals surface area contributed by atoms with E-state index in [1.807, 2.05) is 0 Å². The molecular weight excluding hydrogens is 352 g/mol. The predicted molar refractivity (Wildman–Crippen MR) is 91.3 cm³/mol. The molecule has 24 heavy (non-hydrogen) atoms. The van der Waals surface area contributed by atoms with Gasteiger partial charge in [-0.3, -0.25) is 5.10 Å². The first-order valence-electron chi connectivity index (χ1n) is 6.77. The Labute approximate surface area is 146 Å². The van der Waals surface area contributed by atoms with Gasteiger partial charge in [-0.2, -0.15) is 14.9 Å². The van der Waals surface area contributed by atoms with Gasteiger partial charge in [-0.1, -0.05) is 17.7 Å². The molecule has 0 atom stereocenters. The van der Waals surface area contributed by atoms with Crippen LogP contribution in [0.1, 0.15) is 21.9 Å². The van der Waals surface area contributed by atoms with Crippen molar-refractivity contribution in [3.05, 3.63) is 57.3 Å². The number of aromatic carboxylic acids is 1. The summed E-state index contributed by atoms with van der Waals surface area (Å²) in [5.41, 5.74) is 0.708. The molecule has 0 radical (unpaired) electrons. The number of hydrogen-bond acceptors (Lipinski definition) is 5. The average Bonchev–Trinajstić information content (AvgIpc) is 3.12. The van der Waals surface area contributed by atoms with Gasteiger partial charge in [0, 0.05) is 5.56 Å². The number of carbonyl (C=O) groups is 1. The molecule has 9 heteroatoms. The fourth-order valence-corrected chi connectivity index (χ4v) is 2.53. The smallest absolute Gasteiger partial charge is 0.337 e. The lowest BCUT2D eigenvalue weighted by Crippen LogP contribution is -1.96. The predicted octanol–water partition coefficient (Wildman–Crippen LogP) is 3.74. The minimum absolute atomic E-state index is 0.0403. The molecule has 0 saturated heterocycles. The van der Waals surface area contributed by atoms with Crippen LogP contribution in [0.2, 0.25) is 5.02 Å². The maximum absolute atomic E-state index is 11.0. The third-order valence-corrected chi connectivity index (χ3v) is 3.80. The zero-order chi connectivity index (χ0) is 17.3. The molecular formula is C15H11ClN4O3S. The molecule has 0 spiro atoms. The van der Waals surface area contributed by atoms with Crippen molar-refractivity contribution in [1.29, 1.82) is 0 Å². The van der Waals surface area contributed by atoms with Crippen molar-refractivity contribution in [1.82, 2.24) is 14.9 Å². The van der Waals surface area contributed by atoms with E-state index in [1.165, 1.54) is 17.0 Å². The monoisotopic (exact) mass is 362 g/mol. The van der Waals surface area contributed by atoms with Crippen LogP contribution in [0.4, 0.5) is 0 Å². The number of carboxylic acid groups (broad SMARTS) is 1. The fourth-order valence-electron chi connectivity index (χ4n) is 2.04. The quantitative estimate of drug-likeness (QED) is 0.544. The van der Waals surface area contributed by atoms with Crippen LogP contribution < -0.4 is 0 Å². The molecule has 2 aromatic heterocycles. The van der Waals surface area contributed by atoms with Gasteiger partial charge >= 0.3 is 5.97 Å². The lowest BCUT2D eigenvalue weighted by molar-refractivity contribution is 0.0697. The van der Waals surface area contributed by atoms with E-state index in [0.29, 0.717) is 27.7 Å². The van der Waals surface area contributed by atoms with Gasteiger partial charge in [0.15, 0.2) is 0 Å². The first kappa shape index (κ1) is 16.2. The molecule has 3 rings (SSSR count). The van der Waals surface area contributed by atoms with E-state index in [2.05, 4.69) is 15.3 Å². The zero-order valence-electron chi connectivity index (χ0n) is 12.4. The summed E-state index contributed by atoms with van der Waals surface area (Å²) >= 11 is 11.0. The highest BCUT2D eigenvalue weighted by Crippen LogP contribution is 2.27. The van der Waals surface area contributed by atoms with Crippen LogP contribution in [0.5, 0.6) is 0 Å². The second-order valence-corrected chi connectivity index (χ2v) is 5.63. The van der Waals surface area contributed by atoms with E-state index in [-0.39, 0.29) is 10.6 Å². The van der Waals surface area contributed by atoms with Gasteiger partial charge in [0.1, 0.15) is 17.3 Å². The van der Waals surface area contributed by atoms with Crippen molar-refractivity contribution in [2.24, 2.45) is 5.10 Å². The van der Waals surface area contributed by atoms with Crippen LogP contribution in [0.15, 0.2) is 39.9 Å². The number of rotatable bonds is 4. The van der Waals surface area contributed by atoms with Crippen molar-refractivity contribution in [3.63, 3.8) is 0 Å². The Hall–Kier alpha value is -2.71. The van der Waals surface area contributed by atoms with Gasteiger partial charge < -0.3 is 9.52 Å². The Morgan fingerprint density at radius 1 is 1.46 bits per heavy atom. The third-order valence-electron chi connectivity index (χ3n) is 3.22. The standard InChI is InChI=1S/C15H11ClN4O3S/c1-8-18-19-15(24)20(8)17-7-10-3-5-13(23-10)9-2-4-11(14(21)22)12(16)6-9/h2-7H,1H3,(H,19,24)(H,21,22)/b17-7-. The van der Waals surface area contributed by atoms with Gasteiger partial charge in [0.25, 0.3) is 0 Å². The number of halogens is 1. The number of benzene rings is 1. The summed E-state index contributed by atoms with van der Waals surface area (Å²) in [5, 5.41) is 19.9. The number of nitrogens with one attached hydrogen (secondary N) is 1. The minimum atomic E-state index is -1.08. The molecule has 2 N–H and O–H groups in total. The molecule has 0 bridgehead atoms. The Kier molecular flexibility index (Phi) is 4.32. The molecule has 2 heterocycles. The van der Waals surface area contributed by atoms with Crippen LogP contribution >= 0.6 is 23.8 Å². The largest absolute Gasteiger partial charge is 0.478 e. The summed E-state index contributed by atoms with van der Waals surface area (Å²) in [6, 6.07) is 8.09. The molecule has 122 valence electrons. The van der Waals surface area contributed by atoms with Crippen molar-refractivity contribution >= 4 is 36.0 Å². The highest BCUT2D eigenvalue weighted by atomic mass is 35.5.